The monoisotopic (exact) mass is 419 g/mol. The summed E-state index contributed by atoms with van der Waals surface area (Å²) in [6.45, 7) is -4.25. The Morgan fingerprint density at radius 3 is 2.65 bits per heavy atom. The Bertz CT molecular complexity index is 1590. The molecule has 0 unspecified atom stereocenters. The number of anilines is 1. The topological polar surface area (TPSA) is 63.9 Å². The average molecular weight is 420 g/mol. The summed E-state index contributed by atoms with van der Waals surface area (Å²) in [5.74, 6) is 0.101. The summed E-state index contributed by atoms with van der Waals surface area (Å²) in [5.41, 5.74) is 2.48. The predicted octanol–water partition coefficient (Wildman–Crippen LogP) is 4.36. The van der Waals surface area contributed by atoms with Crippen LogP contribution in [0.1, 0.15) is 45.6 Å². The molecule has 0 atom stereocenters. The Balaban J connectivity index is 1.45. The molecule has 1 fully saturated rings. The number of hydrogen-bond acceptors (Lipinski definition) is 5. The van der Waals surface area contributed by atoms with Gasteiger partial charge in [-0.25, -0.2) is 9.97 Å². The normalized spacial score (nSPS) is 24.1. The minimum absolute atomic E-state index is 0.0839. The van der Waals surface area contributed by atoms with E-state index in [0.717, 1.165) is 33.9 Å². The van der Waals surface area contributed by atoms with Gasteiger partial charge in [0, 0.05) is 65.6 Å². The highest BCUT2D eigenvalue weighted by atomic mass is 16.1. The van der Waals surface area contributed by atoms with Crippen LogP contribution >= 0.6 is 0 Å². The van der Waals surface area contributed by atoms with Crippen LogP contribution in [0.5, 0.6) is 0 Å². The summed E-state index contributed by atoms with van der Waals surface area (Å²) in [6.07, 6.45) is -1.85. The molecule has 1 aliphatic heterocycles. The highest BCUT2D eigenvalue weighted by Gasteiger charge is 2.16. The van der Waals surface area contributed by atoms with Gasteiger partial charge in [-0.15, -0.1) is 0 Å². The number of hydrogen-bond donors (Lipinski definition) is 0. The number of benzene rings is 1. The molecule has 3 aromatic heterocycles. The number of carbonyl (C=O) groups excluding carboxylic acids is 1. The van der Waals surface area contributed by atoms with Gasteiger partial charge in [-0.3, -0.25) is 9.78 Å². The fourth-order valence-electron chi connectivity index (χ4n) is 3.50. The molecule has 0 saturated carbocycles. The molecule has 1 saturated heterocycles. The number of carbonyl (C=O) groups is 1. The summed E-state index contributed by atoms with van der Waals surface area (Å²) in [6, 6.07) is 10.3. The smallest absolute Gasteiger partial charge is 0.169 e. The number of imidazole rings is 1. The fraction of sp³-hybridized carbons (Fsp3) is 0.280. The molecule has 0 spiro atoms. The van der Waals surface area contributed by atoms with Crippen LogP contribution in [0.25, 0.3) is 22.0 Å². The average Bonchev–Trinajstić information content (AvgIpc) is 3.23. The predicted molar refractivity (Wildman–Crippen MR) is 122 cm³/mol. The van der Waals surface area contributed by atoms with E-state index in [2.05, 4.69) is 15.0 Å². The zero-order valence-electron chi connectivity index (χ0n) is 25.0. The van der Waals surface area contributed by atoms with Crippen LogP contribution in [-0.2, 0) is 13.5 Å². The maximum Gasteiger partial charge on any atom is 0.169 e. The van der Waals surface area contributed by atoms with Crippen LogP contribution in [0.2, 0.25) is 0 Å². The lowest BCUT2D eigenvalue weighted by Crippen LogP contribution is -2.19. The highest BCUT2D eigenvalue weighted by Crippen LogP contribution is 2.25. The van der Waals surface area contributed by atoms with Crippen LogP contribution in [-0.4, -0.2) is 38.3 Å². The van der Waals surface area contributed by atoms with Crippen molar-refractivity contribution in [1.29, 1.82) is 0 Å². The first kappa shape index (κ1) is 12.3. The van der Waals surface area contributed by atoms with Crippen molar-refractivity contribution in [3.63, 3.8) is 0 Å². The van der Waals surface area contributed by atoms with E-state index in [0.29, 0.717) is 10.6 Å². The van der Waals surface area contributed by atoms with Crippen molar-refractivity contribution in [1.82, 2.24) is 19.5 Å². The van der Waals surface area contributed by atoms with Crippen molar-refractivity contribution in [2.75, 3.05) is 17.9 Å². The highest BCUT2D eigenvalue weighted by molar-refractivity contribution is 5.98. The molecule has 1 aliphatic rings. The van der Waals surface area contributed by atoms with Crippen molar-refractivity contribution < 1.29 is 15.8 Å². The molecule has 0 N–H and O–H groups in total. The first-order valence-corrected chi connectivity index (χ1v) is 9.76. The van der Waals surface area contributed by atoms with Gasteiger partial charge in [0.2, 0.25) is 0 Å². The van der Waals surface area contributed by atoms with Crippen LogP contribution in [0.4, 0.5) is 5.82 Å². The molecule has 31 heavy (non-hydrogen) atoms. The lowest BCUT2D eigenvalue weighted by Gasteiger charge is -2.16. The molecule has 6 nitrogen and oxygen atoms in total. The number of ketones is 1. The van der Waals surface area contributed by atoms with E-state index in [9.17, 15) is 4.79 Å². The molecule has 0 radical (unpaired) electrons. The molecule has 5 rings (SSSR count). The van der Waals surface area contributed by atoms with E-state index >= 15 is 0 Å². The van der Waals surface area contributed by atoms with E-state index in [1.165, 1.54) is 12.3 Å². The van der Waals surface area contributed by atoms with Crippen molar-refractivity contribution >= 4 is 22.4 Å². The largest absolute Gasteiger partial charge is 0.357 e. The second-order valence-corrected chi connectivity index (χ2v) is 7.30. The number of Topliss-reactive ketones (excluding diaryl/α,β-unsaturated/α-hetero) is 1. The van der Waals surface area contributed by atoms with Crippen LogP contribution < -0.4 is 4.90 Å². The summed E-state index contributed by atoms with van der Waals surface area (Å²) < 4.78 is 66.8. The van der Waals surface area contributed by atoms with E-state index in [-0.39, 0.29) is 17.8 Å². The molecule has 0 amide bonds. The van der Waals surface area contributed by atoms with Crippen molar-refractivity contribution in [2.24, 2.45) is 7.05 Å². The quantitative estimate of drug-likeness (QED) is 0.450. The standard InChI is InChI=1S/C25H25N5O/c1-17-27-16-23(29(17)2)18-5-6-20-15-28-22(12-21(20)11-18)14-24(31)19-7-8-26-25(13-19)30-9-3-4-10-30/h5-8,11-13,15-16H,3-4,9-10,14H2,1-2H3/i3D2,4D2,9D2,10D2. The van der Waals surface area contributed by atoms with E-state index in [4.69, 9.17) is 11.0 Å². The molecule has 4 heterocycles. The van der Waals surface area contributed by atoms with Crippen molar-refractivity contribution in [2.45, 2.75) is 26.1 Å². The van der Waals surface area contributed by atoms with Crippen molar-refractivity contribution in [3.8, 4) is 11.3 Å². The van der Waals surface area contributed by atoms with Gasteiger partial charge in [0.15, 0.2) is 5.78 Å². The van der Waals surface area contributed by atoms with Gasteiger partial charge in [0.25, 0.3) is 0 Å². The summed E-state index contributed by atoms with van der Waals surface area (Å²) in [7, 11) is 1.93. The van der Waals surface area contributed by atoms with Gasteiger partial charge in [-0.2, -0.15) is 0 Å². The second kappa shape index (κ2) is 7.95. The van der Waals surface area contributed by atoms with Gasteiger partial charge in [0.05, 0.1) is 18.3 Å². The van der Waals surface area contributed by atoms with Crippen LogP contribution in [0.15, 0.2) is 55.0 Å². The fourth-order valence-corrected chi connectivity index (χ4v) is 3.50. The Morgan fingerprint density at radius 1 is 1.03 bits per heavy atom. The lowest BCUT2D eigenvalue weighted by atomic mass is 10.0. The third-order valence-electron chi connectivity index (χ3n) is 5.33. The van der Waals surface area contributed by atoms with E-state index in [1.54, 1.807) is 12.4 Å². The van der Waals surface area contributed by atoms with Gasteiger partial charge in [-0.1, -0.05) is 12.1 Å². The minimum atomic E-state index is -3.20. The first-order chi connectivity index (χ1) is 18.1. The van der Waals surface area contributed by atoms with Crippen LogP contribution in [0, 0.1) is 6.92 Å². The molecule has 4 aromatic rings. The molecule has 0 aliphatic carbocycles. The number of nitrogens with zero attached hydrogens (tertiary/aromatic N) is 5. The molecule has 1 aromatic carbocycles. The lowest BCUT2D eigenvalue weighted by molar-refractivity contribution is 0.0992. The zero-order valence-corrected chi connectivity index (χ0v) is 17.0. The van der Waals surface area contributed by atoms with Crippen LogP contribution in [0.3, 0.4) is 0 Å². The maximum absolute atomic E-state index is 13.2. The summed E-state index contributed by atoms with van der Waals surface area (Å²) >= 11 is 0. The zero-order chi connectivity index (χ0) is 28.5. The first-order valence-electron chi connectivity index (χ1n) is 13.8. The molecule has 156 valence electrons. The molecule has 6 heteroatoms. The Kier molecular flexibility index (Phi) is 3.16. The molecule has 0 bridgehead atoms. The van der Waals surface area contributed by atoms with E-state index in [1.807, 2.05) is 42.8 Å². The van der Waals surface area contributed by atoms with Gasteiger partial charge in [-0.05, 0) is 49.3 Å². The number of aryl methyl sites for hydroxylation is 1. The third-order valence-corrected chi connectivity index (χ3v) is 5.33. The number of aromatic nitrogens is 4. The van der Waals surface area contributed by atoms with Gasteiger partial charge < -0.3 is 9.47 Å². The Morgan fingerprint density at radius 2 is 1.87 bits per heavy atom. The Labute approximate surface area is 192 Å². The minimum Gasteiger partial charge on any atom is -0.357 e. The van der Waals surface area contributed by atoms with Gasteiger partial charge in [0.1, 0.15) is 11.6 Å². The maximum atomic E-state index is 13.2. The second-order valence-electron chi connectivity index (χ2n) is 7.30. The van der Waals surface area contributed by atoms with Gasteiger partial charge >= 0.3 is 0 Å². The number of fused-ring (bicyclic) bond motifs is 1. The van der Waals surface area contributed by atoms with Crippen molar-refractivity contribution in [3.05, 3.63) is 72.1 Å². The number of rotatable bonds is 5. The molecular weight excluding hydrogens is 386 g/mol. The SMILES string of the molecule is [2H]C1([2H])N(c2cc(C(=O)Cc3cc4cc(-c5cnc(C)n5C)ccc4cn3)ccn2)C([2H])([2H])C([2H])([2H])C1([2H])[2H]. The third kappa shape index (κ3) is 3.81. The van der Waals surface area contributed by atoms with E-state index < -0.39 is 31.5 Å². The number of pyridine rings is 2. The summed E-state index contributed by atoms with van der Waals surface area (Å²) in [4.78, 5) is 26.2. The molecular formula is C25H25N5O. The summed E-state index contributed by atoms with van der Waals surface area (Å²) in [5, 5.41) is 1.77. The Hall–Kier alpha value is -3.54.